The standard InChI is InChI=1S/C9H9F3N4OS/c1-16(6-13)18(17)3-2-7-4-14-8(15-5-7)9(10,11)12/h4-5H,2-3H2,1H3/p+1. The van der Waals surface area contributed by atoms with Crippen LogP contribution in [0.25, 0.3) is 0 Å². The highest BCUT2D eigenvalue weighted by molar-refractivity contribution is 7.79. The van der Waals surface area contributed by atoms with Gasteiger partial charge in [-0.2, -0.15) is 13.2 Å². The van der Waals surface area contributed by atoms with Crippen molar-refractivity contribution in [1.82, 2.24) is 9.97 Å². The van der Waals surface area contributed by atoms with E-state index in [2.05, 4.69) is 9.97 Å². The molecule has 0 fully saturated rings. The van der Waals surface area contributed by atoms with E-state index in [4.69, 9.17) is 5.26 Å². The first kappa shape index (κ1) is 14.5. The predicted octanol–water partition coefficient (Wildman–Crippen LogP) is 1.44. The summed E-state index contributed by atoms with van der Waals surface area (Å²) in [6.07, 6.45) is -0.376. The second kappa shape index (κ2) is 5.88. The van der Waals surface area contributed by atoms with Crippen LogP contribution in [0.3, 0.4) is 0 Å². The average Bonchev–Trinajstić information content (AvgIpc) is 2.34. The number of nitrogens with zero attached hydrogens (tertiary/aromatic N) is 4. The van der Waals surface area contributed by atoms with Crippen molar-refractivity contribution in [2.24, 2.45) is 0 Å². The Morgan fingerprint density at radius 1 is 1.44 bits per heavy atom. The summed E-state index contributed by atoms with van der Waals surface area (Å²) in [6, 6.07) is 0. The van der Waals surface area contributed by atoms with Gasteiger partial charge >= 0.3 is 12.4 Å². The van der Waals surface area contributed by atoms with Crippen LogP contribution in [-0.4, -0.2) is 31.3 Å². The molecule has 0 aliphatic carbocycles. The Balaban J connectivity index is 2.69. The molecule has 9 heteroatoms. The van der Waals surface area contributed by atoms with Gasteiger partial charge in [-0.05, 0) is 12.0 Å². The number of aryl methyl sites for hydroxylation is 1. The molecule has 98 valence electrons. The highest BCUT2D eigenvalue weighted by Gasteiger charge is 2.34. The molecule has 1 atom stereocenters. The Morgan fingerprint density at radius 2 is 2.00 bits per heavy atom. The van der Waals surface area contributed by atoms with Gasteiger partial charge in [-0.25, -0.2) is 9.97 Å². The third kappa shape index (κ3) is 4.05. The molecule has 1 aromatic rings. The second-order valence-electron chi connectivity index (χ2n) is 3.30. The van der Waals surface area contributed by atoms with Crippen molar-refractivity contribution in [2.75, 3.05) is 12.8 Å². The van der Waals surface area contributed by atoms with Crippen molar-refractivity contribution >= 4 is 11.0 Å². The van der Waals surface area contributed by atoms with E-state index < -0.39 is 23.0 Å². The molecule has 0 aliphatic rings. The molecular formula is C9H10F3N4OS+. The van der Waals surface area contributed by atoms with Gasteiger partial charge in [-0.15, -0.1) is 3.95 Å². The largest absolute Gasteiger partial charge is 0.467 e. The molecule has 0 saturated carbocycles. The SMILES string of the molecule is C[N+](C#N)=S(O)CCc1cnc(C(F)(F)F)nc1. The summed E-state index contributed by atoms with van der Waals surface area (Å²) in [5.41, 5.74) is 0.473. The number of hydrogen-bond donors (Lipinski definition) is 1. The van der Waals surface area contributed by atoms with E-state index in [0.717, 1.165) is 16.3 Å². The molecule has 0 amide bonds. The van der Waals surface area contributed by atoms with Crippen LogP contribution < -0.4 is 0 Å². The van der Waals surface area contributed by atoms with Gasteiger partial charge in [0.25, 0.3) is 0 Å². The molecule has 1 N–H and O–H groups in total. The Morgan fingerprint density at radius 3 is 2.44 bits per heavy atom. The number of rotatable bonds is 3. The maximum Gasteiger partial charge on any atom is 0.467 e. The van der Waals surface area contributed by atoms with Crippen molar-refractivity contribution in [2.45, 2.75) is 12.6 Å². The van der Waals surface area contributed by atoms with E-state index in [-0.39, 0.29) is 5.75 Å². The summed E-state index contributed by atoms with van der Waals surface area (Å²) in [7, 11) is 0.180. The summed E-state index contributed by atoms with van der Waals surface area (Å²) in [6.45, 7) is 0. The number of hydrogen-bond acceptors (Lipinski definition) is 3. The third-order valence-corrected chi connectivity index (χ3v) is 3.27. The van der Waals surface area contributed by atoms with Crippen molar-refractivity contribution in [1.29, 1.82) is 5.26 Å². The lowest BCUT2D eigenvalue weighted by Gasteiger charge is -2.05. The van der Waals surface area contributed by atoms with Gasteiger partial charge in [0.05, 0.1) is 12.8 Å². The zero-order valence-corrected chi connectivity index (χ0v) is 10.2. The number of alkyl halides is 3. The van der Waals surface area contributed by atoms with E-state index in [1.165, 1.54) is 7.05 Å². The summed E-state index contributed by atoms with van der Waals surface area (Å²) >= 11 is 0. The molecule has 0 aliphatic heterocycles. The van der Waals surface area contributed by atoms with Crippen LogP contribution >= 0.6 is 0 Å². The van der Waals surface area contributed by atoms with Crippen LogP contribution in [0.4, 0.5) is 13.2 Å². The second-order valence-corrected chi connectivity index (χ2v) is 4.94. The average molecular weight is 279 g/mol. The van der Waals surface area contributed by atoms with Gasteiger partial charge in [0, 0.05) is 12.4 Å². The molecule has 0 bridgehead atoms. The predicted molar refractivity (Wildman–Crippen MR) is 57.4 cm³/mol. The first-order valence-electron chi connectivity index (χ1n) is 4.76. The lowest BCUT2D eigenvalue weighted by molar-refractivity contribution is -0.378. The van der Waals surface area contributed by atoms with Crippen LogP contribution in [0.2, 0.25) is 0 Å². The third-order valence-electron chi connectivity index (χ3n) is 1.99. The molecule has 5 nitrogen and oxygen atoms in total. The fraction of sp³-hybridized carbons (Fsp3) is 0.444. The van der Waals surface area contributed by atoms with Crippen molar-refractivity contribution in [3.05, 3.63) is 23.8 Å². The maximum absolute atomic E-state index is 12.2. The van der Waals surface area contributed by atoms with Gasteiger partial charge in [0.15, 0.2) is 5.26 Å². The summed E-state index contributed by atoms with van der Waals surface area (Å²) in [5, 5.41) is 8.50. The topological polar surface area (TPSA) is 72.8 Å². The van der Waals surface area contributed by atoms with E-state index in [0.29, 0.717) is 12.0 Å². The van der Waals surface area contributed by atoms with Crippen LogP contribution in [0.1, 0.15) is 11.4 Å². The Hall–Kier alpha value is -1.53. The Bertz CT molecular complexity index is 492. The van der Waals surface area contributed by atoms with Crippen molar-refractivity contribution in [3.8, 4) is 6.19 Å². The molecular weight excluding hydrogens is 269 g/mol. The number of aromatic nitrogens is 2. The van der Waals surface area contributed by atoms with Gasteiger partial charge in [0.2, 0.25) is 5.82 Å². The maximum atomic E-state index is 12.2. The Labute approximate surface area is 104 Å². The molecule has 0 saturated heterocycles. The number of halogens is 3. The Kier molecular flexibility index (Phi) is 4.75. The summed E-state index contributed by atoms with van der Waals surface area (Å²) in [5.74, 6) is -0.956. The molecule has 1 heterocycles. The normalized spacial score (nSPS) is 13.9. The van der Waals surface area contributed by atoms with Crippen molar-refractivity contribution in [3.63, 3.8) is 0 Å². The van der Waals surface area contributed by atoms with Crippen LogP contribution in [0, 0.1) is 11.5 Å². The van der Waals surface area contributed by atoms with Crippen molar-refractivity contribution < 1.29 is 21.7 Å². The first-order valence-corrected chi connectivity index (χ1v) is 6.07. The summed E-state index contributed by atoms with van der Waals surface area (Å²) in [4.78, 5) is 6.40. The van der Waals surface area contributed by atoms with E-state index in [1.54, 1.807) is 6.19 Å². The van der Waals surface area contributed by atoms with Crippen LogP contribution in [0.5, 0.6) is 0 Å². The fourth-order valence-electron chi connectivity index (χ4n) is 1.02. The first-order chi connectivity index (χ1) is 8.34. The van der Waals surface area contributed by atoms with Gasteiger partial charge in [0.1, 0.15) is 11.0 Å². The highest BCUT2D eigenvalue weighted by Crippen LogP contribution is 2.25. The van der Waals surface area contributed by atoms with E-state index >= 15 is 0 Å². The molecule has 1 rings (SSSR count). The van der Waals surface area contributed by atoms with Gasteiger partial charge in [-0.1, -0.05) is 0 Å². The molecule has 0 radical (unpaired) electrons. The van der Waals surface area contributed by atoms with E-state index in [1.807, 2.05) is 0 Å². The van der Waals surface area contributed by atoms with Gasteiger partial charge in [-0.3, -0.25) is 0 Å². The summed E-state index contributed by atoms with van der Waals surface area (Å²) < 4.78 is 47.1. The highest BCUT2D eigenvalue weighted by atomic mass is 32.2. The molecule has 0 spiro atoms. The molecule has 1 unspecified atom stereocenters. The fourth-order valence-corrected chi connectivity index (χ4v) is 1.81. The minimum Gasteiger partial charge on any atom is -0.306 e. The minimum atomic E-state index is -4.55. The minimum absolute atomic E-state index is 0.235. The zero-order valence-electron chi connectivity index (χ0n) is 9.35. The lowest BCUT2D eigenvalue weighted by Crippen LogP contribution is -2.13. The molecule has 1 aromatic heterocycles. The van der Waals surface area contributed by atoms with E-state index in [9.17, 15) is 17.7 Å². The molecule has 0 aromatic carbocycles. The van der Waals surface area contributed by atoms with Gasteiger partial charge < -0.3 is 4.55 Å². The smallest absolute Gasteiger partial charge is 0.306 e. The van der Waals surface area contributed by atoms with Crippen LogP contribution in [0.15, 0.2) is 12.4 Å². The monoisotopic (exact) mass is 279 g/mol. The lowest BCUT2D eigenvalue weighted by atomic mass is 10.3. The molecule has 18 heavy (non-hydrogen) atoms. The van der Waals surface area contributed by atoms with Crippen LogP contribution in [-0.2, 0) is 23.6 Å². The number of nitriles is 1. The quantitative estimate of drug-likeness (QED) is 0.516. The zero-order chi connectivity index (χ0) is 13.8.